The average molecular weight is 883 g/mol. The van der Waals surface area contributed by atoms with E-state index in [1.807, 2.05) is 121 Å². The molecule has 1 atom stereocenters. The molecule has 0 aliphatic carbocycles. The monoisotopic (exact) mass is 883 g/mol. The maximum atomic E-state index is 6.19. The minimum Gasteiger partial charge on any atom is -0.477 e. The van der Waals surface area contributed by atoms with Crippen molar-refractivity contribution in [3.05, 3.63) is 152 Å². The van der Waals surface area contributed by atoms with Gasteiger partial charge in [0.1, 0.15) is 11.6 Å². The van der Waals surface area contributed by atoms with Crippen molar-refractivity contribution in [2.75, 3.05) is 26.2 Å². The van der Waals surface area contributed by atoms with E-state index in [0.29, 0.717) is 12.5 Å². The summed E-state index contributed by atoms with van der Waals surface area (Å²) >= 11 is 0. The molecule has 2 aliphatic rings. The maximum absolute atomic E-state index is 6.19. The van der Waals surface area contributed by atoms with E-state index < -0.39 is 0 Å². The van der Waals surface area contributed by atoms with Gasteiger partial charge in [0.25, 0.3) is 0 Å². The van der Waals surface area contributed by atoms with Crippen LogP contribution in [0.4, 0.5) is 46.0 Å². The van der Waals surface area contributed by atoms with E-state index in [0.717, 1.165) is 57.6 Å². The molecule has 1 unspecified atom stereocenters. The molecule has 0 saturated heterocycles. The molecule has 0 spiro atoms. The first-order chi connectivity index (χ1) is 25.4. The fraction of sp³-hybridized carbons (Fsp3) is 0.233. The first-order valence-electron chi connectivity index (χ1n) is 17.8. The van der Waals surface area contributed by atoms with Crippen LogP contribution < -0.4 is 19.6 Å². The van der Waals surface area contributed by atoms with Gasteiger partial charge in [-0.1, -0.05) is 89.2 Å². The molecule has 2 aromatic heterocycles. The molecule has 4 aromatic carbocycles. The van der Waals surface area contributed by atoms with E-state index in [1.54, 1.807) is 12.4 Å². The Kier molecular flexibility index (Phi) is 13.7. The van der Waals surface area contributed by atoms with Crippen molar-refractivity contribution in [3.63, 3.8) is 0 Å². The number of ether oxygens (including phenoxy) is 1. The molecular weight excluding hydrogens is 837 g/mol. The molecule has 6 aromatic rings. The van der Waals surface area contributed by atoms with Crippen LogP contribution in [0.5, 0.6) is 0 Å². The number of nitrogens with zero attached hydrogens (tertiary/aromatic N) is 8. The Morgan fingerprint density at radius 3 is 1.66 bits per heavy atom. The van der Waals surface area contributed by atoms with Crippen LogP contribution in [0, 0.1) is 18.7 Å². The number of fused-ring (bicyclic) bond motifs is 2. The first kappa shape index (κ1) is 39.1. The van der Waals surface area contributed by atoms with Gasteiger partial charge in [0, 0.05) is 56.2 Å². The number of rotatable bonds is 7. The van der Waals surface area contributed by atoms with Gasteiger partial charge in [0.05, 0.1) is 11.9 Å². The summed E-state index contributed by atoms with van der Waals surface area (Å²) in [6.07, 6.45) is 4.95. The van der Waals surface area contributed by atoms with Crippen LogP contribution in [0.15, 0.2) is 134 Å². The Balaban J connectivity index is 0.000000187. The second-order valence-corrected chi connectivity index (χ2v) is 13.2. The van der Waals surface area contributed by atoms with E-state index in [2.05, 4.69) is 84.7 Å². The van der Waals surface area contributed by atoms with E-state index >= 15 is 0 Å². The van der Waals surface area contributed by atoms with Gasteiger partial charge in [-0.2, -0.15) is 30.3 Å². The first-order valence-corrected chi connectivity index (χ1v) is 17.8. The minimum atomic E-state index is -0.336. The Morgan fingerprint density at radius 1 is 0.642 bits per heavy atom. The number of anilines is 8. The van der Waals surface area contributed by atoms with Gasteiger partial charge in [0.2, 0.25) is 6.35 Å². The zero-order chi connectivity index (χ0) is 36.5. The summed E-state index contributed by atoms with van der Waals surface area (Å²) in [6, 6.07) is 41.6. The molecule has 53 heavy (non-hydrogen) atoms. The summed E-state index contributed by atoms with van der Waals surface area (Å²) in [7, 11) is 0. The number of benzene rings is 4. The Labute approximate surface area is 327 Å². The van der Waals surface area contributed by atoms with Crippen molar-refractivity contribution in [1.29, 1.82) is 0 Å². The SMILES string of the molecule is CC(C)C.CCOC1N(c2ccccc2)c2ncc(C(C)C)nc2N1c1ccccc1.[Ir].[c-]1ccccc1N1[CH-]N(c2ccccc2)c2nccnc21. The Morgan fingerprint density at radius 2 is 1.15 bits per heavy atom. The predicted octanol–water partition coefficient (Wildman–Crippen LogP) is 10.6. The summed E-state index contributed by atoms with van der Waals surface area (Å²) in [5.41, 5.74) is 5.03. The van der Waals surface area contributed by atoms with Crippen molar-refractivity contribution in [2.45, 2.75) is 53.8 Å². The molecular formula is C43H46IrN8O-2. The topological polar surface area (TPSA) is 73.8 Å². The number of hydrogen-bond acceptors (Lipinski definition) is 9. The fourth-order valence-corrected chi connectivity index (χ4v) is 5.67. The molecule has 275 valence electrons. The standard InChI is InChI=1S/C22H24N4O.C17H12N4.C4H10.Ir/c1-4-27-22-25(17-11-7-5-8-12-17)20-21(24-19(15-23-20)16(2)3)26(22)18-13-9-6-10-14-18;1-3-7-14(8-4-1)20-13-21(15-9-5-2-6-10-15)17-16(20)18-11-12-19-17;1-4(2)3;/h5-16,22H,4H2,1-3H3;1-9,11-13H;4H,1-3H3;/q;-2;;. The molecule has 4 heterocycles. The van der Waals surface area contributed by atoms with Crippen molar-refractivity contribution < 1.29 is 24.8 Å². The molecule has 8 rings (SSSR count). The average Bonchev–Trinajstić information content (AvgIpc) is 3.72. The maximum Gasteiger partial charge on any atom is 0.221 e. The molecule has 10 heteroatoms. The second-order valence-electron chi connectivity index (χ2n) is 13.2. The van der Waals surface area contributed by atoms with E-state index in [9.17, 15) is 0 Å². The number of hydrogen-bond donors (Lipinski definition) is 0. The predicted molar refractivity (Wildman–Crippen MR) is 212 cm³/mol. The van der Waals surface area contributed by atoms with Crippen molar-refractivity contribution in [3.8, 4) is 0 Å². The third-order valence-corrected chi connectivity index (χ3v) is 7.96. The summed E-state index contributed by atoms with van der Waals surface area (Å²) in [6.45, 7) is 15.4. The number of aromatic nitrogens is 4. The third kappa shape index (κ3) is 9.08. The summed E-state index contributed by atoms with van der Waals surface area (Å²) in [5.74, 6) is 4.41. The van der Waals surface area contributed by atoms with Crippen LogP contribution in [0.2, 0.25) is 0 Å². The third-order valence-electron chi connectivity index (χ3n) is 7.96. The van der Waals surface area contributed by atoms with Gasteiger partial charge < -0.3 is 14.5 Å². The molecule has 2 aliphatic heterocycles. The van der Waals surface area contributed by atoms with Gasteiger partial charge >= 0.3 is 0 Å². The number of para-hydroxylation sites is 4. The van der Waals surface area contributed by atoms with Crippen molar-refractivity contribution in [2.24, 2.45) is 5.92 Å². The minimum absolute atomic E-state index is 0. The van der Waals surface area contributed by atoms with Crippen LogP contribution in [0.25, 0.3) is 0 Å². The van der Waals surface area contributed by atoms with E-state index in [4.69, 9.17) is 14.7 Å². The van der Waals surface area contributed by atoms with E-state index in [1.165, 1.54) is 0 Å². The molecule has 0 saturated carbocycles. The van der Waals surface area contributed by atoms with Gasteiger partial charge in [-0.05, 0) is 55.2 Å². The smallest absolute Gasteiger partial charge is 0.221 e. The largest absolute Gasteiger partial charge is 0.477 e. The molecule has 0 N–H and O–H groups in total. The summed E-state index contributed by atoms with van der Waals surface area (Å²) in [5, 5.41) is 0. The Bertz CT molecular complexity index is 1920. The van der Waals surface area contributed by atoms with Gasteiger partial charge in [-0.15, -0.1) is 12.4 Å². The van der Waals surface area contributed by atoms with Crippen LogP contribution in [-0.4, -0.2) is 32.9 Å². The fourth-order valence-electron chi connectivity index (χ4n) is 5.67. The molecule has 9 nitrogen and oxygen atoms in total. The quantitative estimate of drug-likeness (QED) is 0.146. The van der Waals surface area contributed by atoms with Gasteiger partial charge in [-0.3, -0.25) is 9.80 Å². The Hall–Kier alpha value is -5.15. The molecule has 1 radical (unpaired) electrons. The van der Waals surface area contributed by atoms with E-state index in [-0.39, 0.29) is 26.5 Å². The molecule has 0 fully saturated rings. The van der Waals surface area contributed by atoms with Crippen molar-refractivity contribution in [1.82, 2.24) is 19.9 Å². The van der Waals surface area contributed by atoms with Crippen LogP contribution >= 0.6 is 0 Å². The zero-order valence-corrected chi connectivity index (χ0v) is 33.4. The van der Waals surface area contributed by atoms with Crippen LogP contribution in [0.3, 0.4) is 0 Å². The van der Waals surface area contributed by atoms with Crippen LogP contribution in [-0.2, 0) is 24.8 Å². The van der Waals surface area contributed by atoms with Crippen LogP contribution in [0.1, 0.15) is 53.2 Å². The van der Waals surface area contributed by atoms with Gasteiger partial charge in [0.15, 0.2) is 11.6 Å². The summed E-state index contributed by atoms with van der Waals surface area (Å²) in [4.78, 5) is 27.0. The molecule has 0 amide bonds. The normalized spacial score (nSPS) is 14.2. The summed E-state index contributed by atoms with van der Waals surface area (Å²) < 4.78 is 6.19. The van der Waals surface area contributed by atoms with Gasteiger partial charge in [-0.25, -0.2) is 19.9 Å². The molecule has 0 bridgehead atoms. The second kappa shape index (κ2) is 18.6. The zero-order valence-electron chi connectivity index (χ0n) is 31.0. The van der Waals surface area contributed by atoms with Crippen molar-refractivity contribution >= 4 is 46.0 Å².